The first-order valence-corrected chi connectivity index (χ1v) is 6.61. The van der Waals surface area contributed by atoms with Gasteiger partial charge in [-0.1, -0.05) is 11.6 Å². The average molecular weight is 322 g/mol. The number of hydrogen-bond donors (Lipinski definition) is 2. The molecule has 0 fully saturated rings. The van der Waals surface area contributed by atoms with E-state index in [1.165, 1.54) is 18.4 Å². The van der Waals surface area contributed by atoms with Crippen molar-refractivity contribution in [3.8, 4) is 17.3 Å². The fraction of sp³-hybridized carbons (Fsp3) is 0. The van der Waals surface area contributed by atoms with Gasteiger partial charge in [0.15, 0.2) is 10.5 Å². The smallest absolute Gasteiger partial charge is 0.337 e. The highest BCUT2D eigenvalue weighted by Crippen LogP contribution is 2.25. The van der Waals surface area contributed by atoms with Crippen LogP contribution in [0.3, 0.4) is 0 Å². The fourth-order valence-corrected chi connectivity index (χ4v) is 2.36. The minimum Gasteiger partial charge on any atom is -0.478 e. The third-order valence-electron chi connectivity index (χ3n) is 2.85. The highest BCUT2D eigenvalue weighted by molar-refractivity contribution is 7.71. The van der Waals surface area contributed by atoms with Crippen molar-refractivity contribution >= 4 is 29.8 Å². The third-order valence-corrected chi connectivity index (χ3v) is 3.46. The van der Waals surface area contributed by atoms with E-state index < -0.39 is 5.97 Å². The number of aromatic carboxylic acids is 1. The van der Waals surface area contributed by atoms with Crippen LogP contribution in [0.25, 0.3) is 17.3 Å². The molecule has 0 amide bonds. The summed E-state index contributed by atoms with van der Waals surface area (Å²) in [6.45, 7) is 0. The van der Waals surface area contributed by atoms with Crippen LogP contribution in [0.5, 0.6) is 0 Å². The van der Waals surface area contributed by atoms with Gasteiger partial charge in [-0.3, -0.25) is 9.67 Å². The molecule has 0 atom stereocenters. The number of aromatic nitrogens is 3. The van der Waals surface area contributed by atoms with Crippen LogP contribution in [0.1, 0.15) is 10.4 Å². The topological polar surface area (TPSA) is 84.0 Å². The summed E-state index contributed by atoms with van der Waals surface area (Å²) < 4.78 is 7.20. The maximum absolute atomic E-state index is 11.2. The predicted molar refractivity (Wildman–Crippen MR) is 78.4 cm³/mol. The molecule has 0 bridgehead atoms. The van der Waals surface area contributed by atoms with E-state index >= 15 is 0 Å². The molecule has 0 aliphatic rings. The van der Waals surface area contributed by atoms with Gasteiger partial charge in [0, 0.05) is 0 Å². The molecule has 0 saturated heterocycles. The van der Waals surface area contributed by atoms with Crippen LogP contribution in [0.15, 0.2) is 41.0 Å². The van der Waals surface area contributed by atoms with Crippen LogP contribution in [0.4, 0.5) is 0 Å². The van der Waals surface area contributed by atoms with Crippen LogP contribution in [-0.2, 0) is 0 Å². The number of carboxylic acid groups (broad SMARTS) is 1. The maximum Gasteiger partial charge on any atom is 0.337 e. The average Bonchev–Trinajstić information content (AvgIpc) is 3.08. The van der Waals surface area contributed by atoms with Crippen molar-refractivity contribution < 1.29 is 14.3 Å². The lowest BCUT2D eigenvalue weighted by Crippen LogP contribution is -2.02. The Morgan fingerprint density at radius 1 is 1.43 bits per heavy atom. The van der Waals surface area contributed by atoms with Gasteiger partial charge in [-0.15, -0.1) is 0 Å². The van der Waals surface area contributed by atoms with Gasteiger partial charge < -0.3 is 9.52 Å². The number of nitrogens with one attached hydrogen (secondary N) is 1. The lowest BCUT2D eigenvalue weighted by atomic mass is 10.2. The van der Waals surface area contributed by atoms with Crippen molar-refractivity contribution in [2.75, 3.05) is 0 Å². The van der Waals surface area contributed by atoms with Gasteiger partial charge in [0.05, 0.1) is 22.5 Å². The van der Waals surface area contributed by atoms with Crippen molar-refractivity contribution in [1.29, 1.82) is 0 Å². The minimum atomic E-state index is -1.11. The Hall–Kier alpha value is -2.38. The van der Waals surface area contributed by atoms with Crippen molar-refractivity contribution in [3.63, 3.8) is 0 Å². The summed E-state index contributed by atoms with van der Waals surface area (Å²) >= 11 is 11.1. The van der Waals surface area contributed by atoms with Crippen LogP contribution < -0.4 is 0 Å². The molecule has 2 heterocycles. The van der Waals surface area contributed by atoms with E-state index in [1.54, 1.807) is 22.8 Å². The Labute approximate surface area is 128 Å². The lowest BCUT2D eigenvalue weighted by molar-refractivity contribution is 0.0697. The predicted octanol–water partition coefficient (Wildman–Crippen LogP) is 3.54. The second-order valence-electron chi connectivity index (χ2n) is 4.13. The Morgan fingerprint density at radius 2 is 2.24 bits per heavy atom. The second-order valence-corrected chi connectivity index (χ2v) is 4.93. The number of H-pyrrole nitrogens is 1. The highest BCUT2D eigenvalue weighted by Gasteiger charge is 2.16. The molecule has 2 N–H and O–H groups in total. The molecule has 106 valence electrons. The number of carbonyl (C=O) groups is 1. The number of carboxylic acids is 1. The molecular formula is C13H8ClN3O3S. The van der Waals surface area contributed by atoms with E-state index in [-0.39, 0.29) is 10.6 Å². The molecule has 3 rings (SSSR count). The van der Waals surface area contributed by atoms with Gasteiger partial charge in [-0.05, 0) is 42.5 Å². The second kappa shape index (κ2) is 5.19. The molecule has 2 aromatic heterocycles. The Morgan fingerprint density at radius 3 is 2.90 bits per heavy atom. The number of benzene rings is 1. The van der Waals surface area contributed by atoms with Crippen LogP contribution in [0, 0.1) is 4.77 Å². The molecule has 0 saturated carbocycles. The summed E-state index contributed by atoms with van der Waals surface area (Å²) in [6, 6.07) is 8.05. The summed E-state index contributed by atoms with van der Waals surface area (Å²) in [6.07, 6.45) is 1.52. The fourth-order valence-electron chi connectivity index (χ4n) is 1.92. The van der Waals surface area contributed by atoms with E-state index in [4.69, 9.17) is 33.3 Å². The summed E-state index contributed by atoms with van der Waals surface area (Å²) in [4.78, 5) is 11.2. The van der Waals surface area contributed by atoms with E-state index in [1.807, 2.05) is 0 Å². The first-order chi connectivity index (χ1) is 10.1. The Balaban J connectivity index is 2.22. The molecule has 6 nitrogen and oxygen atoms in total. The first kappa shape index (κ1) is 13.6. The van der Waals surface area contributed by atoms with Gasteiger partial charge >= 0.3 is 5.97 Å². The zero-order chi connectivity index (χ0) is 15.0. The van der Waals surface area contributed by atoms with Crippen molar-refractivity contribution in [2.24, 2.45) is 0 Å². The molecule has 8 heteroatoms. The van der Waals surface area contributed by atoms with E-state index in [9.17, 15) is 4.79 Å². The van der Waals surface area contributed by atoms with Gasteiger partial charge in [0.2, 0.25) is 5.82 Å². The van der Waals surface area contributed by atoms with E-state index in [0.717, 1.165) is 0 Å². The zero-order valence-corrected chi connectivity index (χ0v) is 12.0. The number of nitrogens with zero attached hydrogens (tertiary/aromatic N) is 2. The quantitative estimate of drug-likeness (QED) is 0.721. The molecule has 1 aromatic carbocycles. The van der Waals surface area contributed by atoms with Crippen LogP contribution in [-0.4, -0.2) is 25.8 Å². The van der Waals surface area contributed by atoms with Crippen LogP contribution >= 0.6 is 23.8 Å². The molecule has 0 aliphatic heterocycles. The van der Waals surface area contributed by atoms with E-state index in [0.29, 0.717) is 22.0 Å². The summed E-state index contributed by atoms with van der Waals surface area (Å²) in [7, 11) is 0. The van der Waals surface area contributed by atoms with Gasteiger partial charge in [0.1, 0.15) is 0 Å². The minimum absolute atomic E-state index is 0.0114. The molecular weight excluding hydrogens is 314 g/mol. The molecule has 0 spiro atoms. The van der Waals surface area contributed by atoms with Gasteiger partial charge in [0.25, 0.3) is 0 Å². The number of rotatable bonds is 3. The number of halogens is 1. The summed E-state index contributed by atoms with van der Waals surface area (Å²) in [5.74, 6) is -0.158. The largest absolute Gasteiger partial charge is 0.478 e. The lowest BCUT2D eigenvalue weighted by Gasteiger charge is -2.07. The number of aromatic amines is 1. The number of furan rings is 1. The van der Waals surface area contributed by atoms with Crippen LogP contribution in [0.2, 0.25) is 5.02 Å². The first-order valence-electron chi connectivity index (χ1n) is 5.82. The number of hydrogen-bond acceptors (Lipinski definition) is 4. The summed E-state index contributed by atoms with van der Waals surface area (Å²) in [5.41, 5.74) is 0.518. The van der Waals surface area contributed by atoms with E-state index in [2.05, 4.69) is 10.2 Å². The summed E-state index contributed by atoms with van der Waals surface area (Å²) in [5, 5.41) is 16.1. The Kier molecular flexibility index (Phi) is 3.36. The SMILES string of the molecule is O=C(O)c1cc(-n2c(-c3ccco3)n[nH]c2=S)ccc1Cl. The van der Waals surface area contributed by atoms with Gasteiger partial charge in [-0.25, -0.2) is 4.79 Å². The molecule has 21 heavy (non-hydrogen) atoms. The van der Waals surface area contributed by atoms with Crippen molar-refractivity contribution in [2.45, 2.75) is 0 Å². The monoisotopic (exact) mass is 321 g/mol. The Bertz CT molecular complexity index is 867. The molecule has 0 unspecified atom stereocenters. The maximum atomic E-state index is 11.2. The molecule has 3 aromatic rings. The van der Waals surface area contributed by atoms with Crippen molar-refractivity contribution in [3.05, 3.63) is 52.0 Å². The molecule has 0 aliphatic carbocycles. The van der Waals surface area contributed by atoms with Gasteiger partial charge in [-0.2, -0.15) is 5.10 Å². The standard InChI is InChI=1S/C13H8ClN3O3S/c14-9-4-3-7(6-8(9)12(18)19)17-11(15-16-13(17)21)10-2-1-5-20-10/h1-6H,(H,16,21)(H,18,19). The zero-order valence-electron chi connectivity index (χ0n) is 10.4. The highest BCUT2D eigenvalue weighted by atomic mass is 35.5. The third kappa shape index (κ3) is 2.37. The molecule has 0 radical (unpaired) electrons. The van der Waals surface area contributed by atoms with Crippen molar-refractivity contribution in [1.82, 2.24) is 14.8 Å². The normalized spacial score (nSPS) is 10.7.